The average Bonchev–Trinajstić information content (AvgIpc) is 2.65. The highest BCUT2D eigenvalue weighted by Gasteiger charge is 2.34. The van der Waals surface area contributed by atoms with Gasteiger partial charge in [0.25, 0.3) is 5.69 Å². The van der Waals surface area contributed by atoms with Crippen LogP contribution in [-0.4, -0.2) is 31.5 Å². The number of carbonyl (C=O) groups excluding carboxylic acids is 1. The molecule has 2 rings (SSSR count). The second-order valence-electron chi connectivity index (χ2n) is 7.80. The molecule has 0 bridgehead atoms. The fourth-order valence-electron chi connectivity index (χ4n) is 3.68. The molecular formula is C22H29N3O5S. The van der Waals surface area contributed by atoms with Crippen LogP contribution in [0.3, 0.4) is 0 Å². The fourth-order valence-corrected chi connectivity index (χ4v) is 4.94. The molecule has 8 nitrogen and oxygen atoms in total. The Morgan fingerprint density at radius 3 is 2.29 bits per heavy atom. The zero-order chi connectivity index (χ0) is 23.5. The minimum Gasteiger partial charge on any atom is -0.348 e. The molecule has 0 heterocycles. The minimum atomic E-state index is -3.90. The van der Waals surface area contributed by atoms with Crippen molar-refractivity contribution >= 4 is 27.3 Å². The van der Waals surface area contributed by atoms with Gasteiger partial charge in [-0.2, -0.15) is 0 Å². The van der Waals surface area contributed by atoms with Crippen LogP contribution >= 0.6 is 0 Å². The Morgan fingerprint density at radius 1 is 1.13 bits per heavy atom. The monoisotopic (exact) mass is 447 g/mol. The van der Waals surface area contributed by atoms with E-state index in [1.807, 2.05) is 39.0 Å². The van der Waals surface area contributed by atoms with Crippen LogP contribution in [0.25, 0.3) is 0 Å². The summed E-state index contributed by atoms with van der Waals surface area (Å²) in [5.74, 6) is -0.466. The Hall–Kier alpha value is -2.94. The van der Waals surface area contributed by atoms with Crippen LogP contribution in [0.4, 0.5) is 11.4 Å². The third-order valence-corrected chi connectivity index (χ3v) is 6.39. The molecule has 0 spiro atoms. The van der Waals surface area contributed by atoms with Crippen LogP contribution in [0.2, 0.25) is 0 Å². The van der Waals surface area contributed by atoms with Gasteiger partial charge in [-0.15, -0.1) is 0 Å². The largest absolute Gasteiger partial charge is 0.348 e. The van der Waals surface area contributed by atoms with Crippen molar-refractivity contribution in [3.63, 3.8) is 0 Å². The van der Waals surface area contributed by atoms with Crippen molar-refractivity contribution in [3.05, 3.63) is 68.8 Å². The molecule has 1 amide bonds. The first kappa shape index (κ1) is 24.3. The molecule has 0 aliphatic rings. The van der Waals surface area contributed by atoms with E-state index >= 15 is 0 Å². The van der Waals surface area contributed by atoms with Gasteiger partial charge in [0.1, 0.15) is 6.04 Å². The van der Waals surface area contributed by atoms with E-state index in [1.165, 1.54) is 18.2 Å². The third-order valence-electron chi connectivity index (χ3n) is 5.22. The van der Waals surface area contributed by atoms with E-state index < -0.39 is 26.9 Å². The van der Waals surface area contributed by atoms with E-state index in [9.17, 15) is 23.3 Å². The Morgan fingerprint density at radius 2 is 1.77 bits per heavy atom. The molecule has 2 aromatic carbocycles. The summed E-state index contributed by atoms with van der Waals surface area (Å²) in [6, 6.07) is 8.51. The number of nitro groups is 1. The zero-order valence-corrected chi connectivity index (χ0v) is 19.5. The average molecular weight is 448 g/mol. The van der Waals surface area contributed by atoms with Crippen molar-refractivity contribution in [1.29, 1.82) is 0 Å². The van der Waals surface area contributed by atoms with E-state index in [-0.39, 0.29) is 23.8 Å². The maximum absolute atomic E-state index is 13.2. The van der Waals surface area contributed by atoms with Crippen LogP contribution < -0.4 is 9.62 Å². The summed E-state index contributed by atoms with van der Waals surface area (Å²) >= 11 is 0. The fraction of sp³-hybridized carbons (Fsp3) is 0.409. The summed E-state index contributed by atoms with van der Waals surface area (Å²) in [7, 11) is -3.90. The molecule has 0 aliphatic heterocycles. The van der Waals surface area contributed by atoms with Crippen molar-refractivity contribution < 1.29 is 18.1 Å². The molecule has 0 saturated heterocycles. The summed E-state index contributed by atoms with van der Waals surface area (Å²) < 4.78 is 26.4. The molecule has 168 valence electrons. The molecular weight excluding hydrogens is 418 g/mol. The summed E-state index contributed by atoms with van der Waals surface area (Å²) in [5, 5.41) is 14.1. The molecule has 0 saturated carbocycles. The van der Waals surface area contributed by atoms with E-state index in [2.05, 4.69) is 5.32 Å². The molecule has 31 heavy (non-hydrogen) atoms. The number of aryl methyl sites for hydroxylation is 3. The number of hydrogen-bond donors (Lipinski definition) is 1. The van der Waals surface area contributed by atoms with Crippen molar-refractivity contribution in [3.8, 4) is 0 Å². The van der Waals surface area contributed by atoms with Gasteiger partial charge in [0.15, 0.2) is 0 Å². The van der Waals surface area contributed by atoms with Crippen molar-refractivity contribution in [2.24, 2.45) is 0 Å². The lowest BCUT2D eigenvalue weighted by Gasteiger charge is -2.32. The van der Waals surface area contributed by atoms with Gasteiger partial charge in [0.2, 0.25) is 15.9 Å². The quantitative estimate of drug-likeness (QED) is 0.487. The predicted molar refractivity (Wildman–Crippen MR) is 122 cm³/mol. The Balaban J connectivity index is 2.45. The molecule has 9 heteroatoms. The van der Waals surface area contributed by atoms with Gasteiger partial charge in [-0.25, -0.2) is 8.42 Å². The molecule has 2 atom stereocenters. The third kappa shape index (κ3) is 5.61. The second kappa shape index (κ2) is 9.47. The van der Waals surface area contributed by atoms with Crippen LogP contribution in [0, 0.1) is 30.9 Å². The first-order chi connectivity index (χ1) is 14.4. The summed E-state index contributed by atoms with van der Waals surface area (Å²) in [6.07, 6.45) is 1.19. The maximum Gasteiger partial charge on any atom is 0.271 e. The highest BCUT2D eigenvalue weighted by molar-refractivity contribution is 7.92. The highest BCUT2D eigenvalue weighted by Crippen LogP contribution is 2.30. The van der Waals surface area contributed by atoms with Gasteiger partial charge in [-0.1, -0.05) is 36.8 Å². The smallest absolute Gasteiger partial charge is 0.271 e. The van der Waals surface area contributed by atoms with E-state index in [0.717, 1.165) is 27.3 Å². The molecule has 2 aromatic rings. The number of nitrogens with one attached hydrogen (secondary N) is 1. The van der Waals surface area contributed by atoms with E-state index in [1.54, 1.807) is 13.8 Å². The van der Waals surface area contributed by atoms with Crippen molar-refractivity contribution in [2.45, 2.75) is 53.1 Å². The lowest BCUT2D eigenvalue weighted by Crippen LogP contribution is -2.50. The summed E-state index contributed by atoms with van der Waals surface area (Å²) in [5.41, 5.74) is 3.47. The van der Waals surface area contributed by atoms with Crippen LogP contribution in [0.5, 0.6) is 0 Å². The minimum absolute atomic E-state index is 0.123. The molecule has 0 fully saturated rings. The van der Waals surface area contributed by atoms with Gasteiger partial charge in [0.05, 0.1) is 22.9 Å². The standard InChI is InChI=1S/C22H29N3O5S/c1-7-20(22(26)23-17(5)19-11-8-14(2)12-16(19)4)24(31(6,29)30)21-13-18(25(27)28)10-9-15(21)3/h8-13,17,20H,7H2,1-6H3,(H,23,26)/t17-,20-/m0/s1. The number of benzene rings is 2. The van der Waals surface area contributed by atoms with Gasteiger partial charge in [-0.3, -0.25) is 19.2 Å². The van der Waals surface area contributed by atoms with E-state index in [4.69, 9.17) is 0 Å². The number of hydrogen-bond acceptors (Lipinski definition) is 5. The van der Waals surface area contributed by atoms with Gasteiger partial charge < -0.3 is 5.32 Å². The number of amides is 1. The number of rotatable bonds is 8. The molecule has 0 unspecified atom stereocenters. The van der Waals surface area contributed by atoms with Gasteiger partial charge >= 0.3 is 0 Å². The first-order valence-corrected chi connectivity index (χ1v) is 11.8. The number of sulfonamides is 1. The molecule has 0 radical (unpaired) electrons. The first-order valence-electron chi connectivity index (χ1n) is 9.98. The van der Waals surface area contributed by atoms with Crippen LogP contribution in [0.1, 0.15) is 48.6 Å². The molecule has 0 aliphatic carbocycles. The number of nitro benzene ring substituents is 1. The van der Waals surface area contributed by atoms with E-state index in [0.29, 0.717) is 5.56 Å². The molecule has 1 N–H and O–H groups in total. The van der Waals surface area contributed by atoms with Crippen LogP contribution in [0.15, 0.2) is 36.4 Å². The SMILES string of the molecule is CC[C@@H](C(=O)N[C@@H](C)c1ccc(C)cc1C)N(c1cc([N+](=O)[O-])ccc1C)S(C)(=O)=O. The normalized spacial score (nSPS) is 13.4. The topological polar surface area (TPSA) is 110 Å². The van der Waals surface area contributed by atoms with Crippen LogP contribution in [-0.2, 0) is 14.8 Å². The van der Waals surface area contributed by atoms with Gasteiger partial charge in [-0.05, 0) is 50.8 Å². The molecule has 0 aromatic heterocycles. The Labute approximate surface area is 183 Å². The number of non-ortho nitro benzene ring substituents is 1. The maximum atomic E-state index is 13.2. The van der Waals surface area contributed by atoms with Crippen molar-refractivity contribution in [1.82, 2.24) is 5.32 Å². The second-order valence-corrected chi connectivity index (χ2v) is 9.66. The Kier molecular flexibility index (Phi) is 7.43. The summed E-state index contributed by atoms with van der Waals surface area (Å²) in [6.45, 7) is 9.14. The Bertz CT molecular complexity index is 1100. The summed E-state index contributed by atoms with van der Waals surface area (Å²) in [4.78, 5) is 23.8. The number of carbonyl (C=O) groups is 1. The zero-order valence-electron chi connectivity index (χ0n) is 18.7. The highest BCUT2D eigenvalue weighted by atomic mass is 32.2. The predicted octanol–water partition coefficient (Wildman–Crippen LogP) is 3.94. The van der Waals surface area contributed by atoms with Crippen molar-refractivity contribution in [2.75, 3.05) is 10.6 Å². The lowest BCUT2D eigenvalue weighted by molar-refractivity contribution is -0.384. The number of anilines is 1. The lowest BCUT2D eigenvalue weighted by atomic mass is 10.00. The van der Waals surface area contributed by atoms with Gasteiger partial charge in [0, 0.05) is 12.1 Å². The number of nitrogens with zero attached hydrogens (tertiary/aromatic N) is 2.